The lowest BCUT2D eigenvalue weighted by Gasteiger charge is -2.29. The molecule has 216 valence electrons. The highest BCUT2D eigenvalue weighted by Gasteiger charge is 2.40. The molecule has 0 bridgehead atoms. The molecule has 40 heavy (non-hydrogen) atoms. The second kappa shape index (κ2) is 12.4. The van der Waals surface area contributed by atoms with Crippen LogP contribution in [0.4, 0.5) is 35.1 Å². The Morgan fingerprint density at radius 3 is 2.02 bits per heavy atom. The molecule has 0 aliphatic heterocycles. The molecule has 0 spiro atoms. The van der Waals surface area contributed by atoms with Gasteiger partial charge in [0.25, 0.3) is 0 Å². The first kappa shape index (κ1) is 29.6. The molecule has 0 N–H and O–H groups in total. The van der Waals surface area contributed by atoms with E-state index in [0.29, 0.717) is 50.2 Å². The van der Waals surface area contributed by atoms with Gasteiger partial charge in [-0.25, -0.2) is 26.3 Å². The molecule has 0 amide bonds. The molecule has 0 saturated heterocycles. The minimum absolute atomic E-state index is 0.0169. The molecule has 3 aromatic rings. The van der Waals surface area contributed by atoms with E-state index in [4.69, 9.17) is 9.47 Å². The van der Waals surface area contributed by atoms with Crippen LogP contribution in [0.1, 0.15) is 55.2 Å². The van der Waals surface area contributed by atoms with Crippen molar-refractivity contribution in [2.75, 3.05) is 13.2 Å². The average molecular weight is 575 g/mol. The fourth-order valence-corrected chi connectivity index (χ4v) is 4.72. The molecule has 0 heterocycles. The maximum Gasteiger partial charge on any atom is 0.429 e. The van der Waals surface area contributed by atoms with Crippen LogP contribution < -0.4 is 9.47 Å². The zero-order valence-corrected chi connectivity index (χ0v) is 21.4. The van der Waals surface area contributed by atoms with Crippen molar-refractivity contribution in [3.8, 4) is 11.5 Å². The lowest BCUT2D eigenvalue weighted by molar-refractivity contribution is -0.187. The number of hydrogen-bond donors (Lipinski definition) is 0. The van der Waals surface area contributed by atoms with E-state index in [1.165, 1.54) is 0 Å². The zero-order valence-electron chi connectivity index (χ0n) is 21.4. The Balaban J connectivity index is 1.43. The van der Waals surface area contributed by atoms with Crippen LogP contribution >= 0.6 is 0 Å². The summed E-state index contributed by atoms with van der Waals surface area (Å²) < 4.78 is 129. The first-order chi connectivity index (χ1) is 19.0. The zero-order chi connectivity index (χ0) is 29.0. The van der Waals surface area contributed by atoms with Gasteiger partial charge in [-0.15, -0.1) is 0 Å². The van der Waals surface area contributed by atoms with E-state index in [1.807, 2.05) is 6.92 Å². The third-order valence-electron chi connectivity index (χ3n) is 6.89. The van der Waals surface area contributed by atoms with Crippen molar-refractivity contribution < 1.29 is 49.3 Å². The molecule has 0 radical (unpaired) electrons. The van der Waals surface area contributed by atoms with Crippen LogP contribution in [0, 0.1) is 40.8 Å². The predicted molar refractivity (Wildman–Crippen MR) is 129 cm³/mol. The van der Waals surface area contributed by atoms with Gasteiger partial charge in [-0.3, -0.25) is 0 Å². The summed E-state index contributed by atoms with van der Waals surface area (Å²) in [5, 5.41) is 0. The molecular formula is C29H26F8O3. The number of halogens is 8. The minimum Gasteiger partial charge on any atom is -0.489 e. The smallest absolute Gasteiger partial charge is 0.429 e. The summed E-state index contributed by atoms with van der Waals surface area (Å²) in [6.45, 7) is 2.48. The standard InChI is InChI=1S/C29H26F8O3/c1-2-38-14-16-3-5-17(6-4-16)21-9-10-22(27(34)26(21)33)29(36,37)40-19-8-7-18(23(30)11-19)15-39-20-12-24(31)28(35)25(32)13-20/h7-13,16-17H,2-6,14-15H2,1H3. The minimum atomic E-state index is -4.34. The molecule has 0 unspecified atom stereocenters. The van der Waals surface area contributed by atoms with E-state index in [1.54, 1.807) is 0 Å². The third kappa shape index (κ3) is 6.68. The molecule has 3 nitrogen and oxygen atoms in total. The van der Waals surface area contributed by atoms with Crippen LogP contribution in [0.5, 0.6) is 11.5 Å². The summed E-state index contributed by atoms with van der Waals surface area (Å²) in [5.74, 6) is -10.1. The maximum absolute atomic E-state index is 14.9. The molecule has 0 aromatic heterocycles. The van der Waals surface area contributed by atoms with Crippen molar-refractivity contribution in [1.29, 1.82) is 0 Å². The van der Waals surface area contributed by atoms with Gasteiger partial charge in [0, 0.05) is 37.0 Å². The number of ether oxygens (including phenoxy) is 3. The molecule has 4 rings (SSSR count). The maximum atomic E-state index is 14.9. The van der Waals surface area contributed by atoms with Gasteiger partial charge in [0.2, 0.25) is 0 Å². The quantitative estimate of drug-likeness (QED) is 0.179. The Morgan fingerprint density at radius 2 is 1.40 bits per heavy atom. The van der Waals surface area contributed by atoms with Crippen LogP contribution in [0.2, 0.25) is 0 Å². The SMILES string of the molecule is CCOCC1CCC(c2ccc(C(F)(F)Oc3ccc(COc4cc(F)c(F)c(F)c4)c(F)c3)c(F)c2F)CC1. The van der Waals surface area contributed by atoms with Crippen LogP contribution in [0.3, 0.4) is 0 Å². The van der Waals surface area contributed by atoms with Crippen molar-refractivity contribution in [2.24, 2.45) is 5.92 Å². The van der Waals surface area contributed by atoms with Gasteiger partial charge in [-0.1, -0.05) is 6.07 Å². The number of benzene rings is 3. The van der Waals surface area contributed by atoms with E-state index < -0.39 is 64.7 Å². The van der Waals surface area contributed by atoms with E-state index in [0.717, 1.165) is 37.1 Å². The summed E-state index contributed by atoms with van der Waals surface area (Å²) >= 11 is 0. The van der Waals surface area contributed by atoms with Crippen molar-refractivity contribution >= 4 is 0 Å². The Kier molecular flexibility index (Phi) is 9.22. The summed E-state index contributed by atoms with van der Waals surface area (Å²) in [5.41, 5.74) is -1.53. The van der Waals surface area contributed by atoms with Gasteiger partial charge < -0.3 is 14.2 Å². The summed E-state index contributed by atoms with van der Waals surface area (Å²) in [6, 6.07) is 5.51. The Labute approximate surface area is 225 Å². The highest BCUT2D eigenvalue weighted by Crippen LogP contribution is 2.40. The van der Waals surface area contributed by atoms with Gasteiger partial charge >= 0.3 is 6.11 Å². The highest BCUT2D eigenvalue weighted by atomic mass is 19.3. The van der Waals surface area contributed by atoms with Crippen LogP contribution in [-0.4, -0.2) is 13.2 Å². The normalized spacial score (nSPS) is 17.6. The summed E-state index contributed by atoms with van der Waals surface area (Å²) in [6.07, 6.45) is -1.71. The second-order valence-corrected chi connectivity index (χ2v) is 9.57. The van der Waals surface area contributed by atoms with Crippen LogP contribution in [0.15, 0.2) is 42.5 Å². The second-order valence-electron chi connectivity index (χ2n) is 9.57. The first-order valence-corrected chi connectivity index (χ1v) is 12.7. The van der Waals surface area contributed by atoms with Gasteiger partial charge in [0.15, 0.2) is 29.1 Å². The fraction of sp³-hybridized carbons (Fsp3) is 0.379. The molecule has 1 aliphatic carbocycles. The molecule has 11 heteroatoms. The lowest BCUT2D eigenvalue weighted by atomic mass is 9.78. The van der Waals surface area contributed by atoms with Gasteiger partial charge in [-0.05, 0) is 68.2 Å². The highest BCUT2D eigenvalue weighted by molar-refractivity contribution is 5.34. The first-order valence-electron chi connectivity index (χ1n) is 12.7. The van der Waals surface area contributed by atoms with E-state index >= 15 is 0 Å². The van der Waals surface area contributed by atoms with Crippen LogP contribution in [-0.2, 0) is 17.5 Å². The van der Waals surface area contributed by atoms with Gasteiger partial charge in [0.05, 0.1) is 0 Å². The lowest BCUT2D eigenvalue weighted by Crippen LogP contribution is -2.25. The largest absolute Gasteiger partial charge is 0.489 e. The number of hydrogen-bond acceptors (Lipinski definition) is 3. The summed E-state index contributed by atoms with van der Waals surface area (Å²) in [7, 11) is 0. The average Bonchev–Trinajstić information content (AvgIpc) is 2.91. The van der Waals surface area contributed by atoms with E-state index in [2.05, 4.69) is 4.74 Å². The molecule has 1 saturated carbocycles. The van der Waals surface area contributed by atoms with E-state index in [-0.39, 0.29) is 17.0 Å². The van der Waals surface area contributed by atoms with Gasteiger partial charge in [-0.2, -0.15) is 8.78 Å². The Hall–Kier alpha value is -3.34. The van der Waals surface area contributed by atoms with Crippen molar-refractivity contribution in [1.82, 2.24) is 0 Å². The van der Waals surface area contributed by atoms with Crippen molar-refractivity contribution in [2.45, 2.75) is 51.2 Å². The molecular weight excluding hydrogens is 548 g/mol. The predicted octanol–water partition coefficient (Wildman–Crippen LogP) is 8.54. The van der Waals surface area contributed by atoms with Crippen molar-refractivity contribution in [3.05, 3.63) is 94.1 Å². The van der Waals surface area contributed by atoms with Crippen LogP contribution in [0.25, 0.3) is 0 Å². The summed E-state index contributed by atoms with van der Waals surface area (Å²) in [4.78, 5) is 0. The number of rotatable bonds is 10. The van der Waals surface area contributed by atoms with E-state index in [9.17, 15) is 35.1 Å². The molecule has 1 fully saturated rings. The fourth-order valence-electron chi connectivity index (χ4n) is 4.72. The topological polar surface area (TPSA) is 27.7 Å². The molecule has 1 aliphatic rings. The third-order valence-corrected chi connectivity index (χ3v) is 6.89. The molecule has 0 atom stereocenters. The number of alkyl halides is 2. The molecule has 3 aromatic carbocycles. The Bertz CT molecular complexity index is 1320. The Morgan fingerprint density at radius 1 is 0.750 bits per heavy atom. The van der Waals surface area contributed by atoms with Crippen molar-refractivity contribution in [3.63, 3.8) is 0 Å². The monoisotopic (exact) mass is 574 g/mol. The van der Waals surface area contributed by atoms with Gasteiger partial charge in [0.1, 0.15) is 29.5 Å².